The Bertz CT molecular complexity index is 852. The van der Waals surface area contributed by atoms with Crippen molar-refractivity contribution in [1.82, 2.24) is 9.97 Å². The maximum atomic E-state index is 6.17. The highest BCUT2D eigenvalue weighted by Gasteiger charge is 2.14. The monoisotopic (exact) mass is 399 g/mol. The fourth-order valence-electron chi connectivity index (χ4n) is 2.73. The highest BCUT2D eigenvalue weighted by molar-refractivity contribution is 6.29. The minimum Gasteiger partial charge on any atom is -0.497 e. The van der Waals surface area contributed by atoms with E-state index < -0.39 is 0 Å². The molecule has 6 nitrogen and oxygen atoms in total. The molecule has 0 amide bonds. The molecular formula is C21H22ClN3O3. The Morgan fingerprint density at radius 1 is 0.750 bits per heavy atom. The van der Waals surface area contributed by atoms with Gasteiger partial charge in [-0.2, -0.15) is 4.98 Å². The van der Waals surface area contributed by atoms with Gasteiger partial charge in [0.15, 0.2) is 0 Å². The van der Waals surface area contributed by atoms with Gasteiger partial charge in [-0.05, 0) is 35.4 Å². The van der Waals surface area contributed by atoms with Crippen LogP contribution in [0.3, 0.4) is 0 Å². The molecule has 0 saturated heterocycles. The van der Waals surface area contributed by atoms with Gasteiger partial charge in [-0.1, -0.05) is 35.9 Å². The molecule has 0 bridgehead atoms. The molecule has 0 fully saturated rings. The number of hydrogen-bond acceptors (Lipinski definition) is 6. The van der Waals surface area contributed by atoms with E-state index in [1.807, 2.05) is 53.4 Å². The van der Waals surface area contributed by atoms with Crippen LogP contribution >= 0.6 is 11.6 Å². The molecule has 1 aromatic heterocycles. The molecular weight excluding hydrogens is 378 g/mol. The number of anilines is 1. The normalized spacial score (nSPS) is 10.4. The maximum absolute atomic E-state index is 6.17. The van der Waals surface area contributed by atoms with E-state index in [1.54, 1.807) is 27.4 Å². The van der Waals surface area contributed by atoms with Crippen LogP contribution in [0.2, 0.25) is 5.15 Å². The minimum atomic E-state index is 0.330. The van der Waals surface area contributed by atoms with E-state index in [0.717, 1.165) is 22.6 Å². The van der Waals surface area contributed by atoms with Gasteiger partial charge in [0.1, 0.15) is 16.7 Å². The molecule has 146 valence electrons. The van der Waals surface area contributed by atoms with E-state index in [-0.39, 0.29) is 0 Å². The molecule has 0 spiro atoms. The summed E-state index contributed by atoms with van der Waals surface area (Å²) in [5.74, 6) is 2.54. The van der Waals surface area contributed by atoms with E-state index in [2.05, 4.69) is 9.97 Å². The van der Waals surface area contributed by atoms with Crippen LogP contribution < -0.4 is 19.1 Å². The van der Waals surface area contributed by atoms with E-state index in [9.17, 15) is 0 Å². The third-order valence-electron chi connectivity index (χ3n) is 4.22. The van der Waals surface area contributed by atoms with Crippen LogP contribution in [-0.2, 0) is 13.1 Å². The molecule has 28 heavy (non-hydrogen) atoms. The van der Waals surface area contributed by atoms with Crippen LogP contribution in [0.15, 0.2) is 54.6 Å². The highest BCUT2D eigenvalue weighted by atomic mass is 35.5. The summed E-state index contributed by atoms with van der Waals surface area (Å²) in [5.41, 5.74) is 2.19. The van der Waals surface area contributed by atoms with Crippen molar-refractivity contribution in [2.75, 3.05) is 26.2 Å². The first-order chi connectivity index (χ1) is 13.6. The first-order valence-electron chi connectivity index (χ1n) is 8.70. The zero-order chi connectivity index (χ0) is 19.9. The molecule has 0 aliphatic heterocycles. The minimum absolute atomic E-state index is 0.330. The Hall–Kier alpha value is -2.99. The van der Waals surface area contributed by atoms with E-state index >= 15 is 0 Å². The van der Waals surface area contributed by atoms with Crippen LogP contribution in [-0.4, -0.2) is 31.3 Å². The van der Waals surface area contributed by atoms with Crippen molar-refractivity contribution in [3.8, 4) is 17.4 Å². The molecule has 1 heterocycles. The highest BCUT2D eigenvalue weighted by Crippen LogP contribution is 2.23. The fraction of sp³-hybridized carbons (Fsp3) is 0.238. The molecule has 0 radical (unpaired) electrons. The molecule has 0 atom stereocenters. The summed E-state index contributed by atoms with van der Waals surface area (Å²) < 4.78 is 15.7. The lowest BCUT2D eigenvalue weighted by molar-refractivity contribution is 0.396. The SMILES string of the molecule is COc1ccc(CN(Cc2ccc(OC)cc2)c2nc(Cl)cc(OC)n2)cc1. The van der Waals surface area contributed by atoms with Crippen LogP contribution in [0, 0.1) is 0 Å². The van der Waals surface area contributed by atoms with Crippen molar-refractivity contribution in [3.05, 3.63) is 70.9 Å². The Morgan fingerprint density at radius 2 is 1.25 bits per heavy atom. The average Bonchev–Trinajstić information content (AvgIpc) is 2.73. The lowest BCUT2D eigenvalue weighted by Gasteiger charge is -2.23. The Labute approximate surface area is 169 Å². The van der Waals surface area contributed by atoms with Crippen molar-refractivity contribution in [1.29, 1.82) is 0 Å². The van der Waals surface area contributed by atoms with Gasteiger partial charge in [0.2, 0.25) is 11.8 Å². The second kappa shape index (κ2) is 9.28. The summed E-state index contributed by atoms with van der Waals surface area (Å²) in [5, 5.41) is 0.330. The van der Waals surface area contributed by atoms with Crippen molar-refractivity contribution in [2.45, 2.75) is 13.1 Å². The van der Waals surface area contributed by atoms with Gasteiger partial charge >= 0.3 is 0 Å². The zero-order valence-electron chi connectivity index (χ0n) is 16.1. The van der Waals surface area contributed by atoms with Gasteiger partial charge < -0.3 is 19.1 Å². The van der Waals surface area contributed by atoms with Crippen LogP contribution in [0.5, 0.6) is 17.4 Å². The smallest absolute Gasteiger partial charge is 0.230 e. The molecule has 0 N–H and O–H groups in total. The molecule has 0 saturated carbocycles. The number of methoxy groups -OCH3 is 3. The quantitative estimate of drug-likeness (QED) is 0.524. The topological polar surface area (TPSA) is 56.7 Å². The summed E-state index contributed by atoms with van der Waals surface area (Å²) in [6, 6.07) is 17.4. The van der Waals surface area contributed by atoms with Crippen LogP contribution in [0.4, 0.5) is 5.95 Å². The predicted octanol–water partition coefficient (Wildman–Crippen LogP) is 4.36. The number of benzene rings is 2. The van der Waals surface area contributed by atoms with E-state index in [1.165, 1.54) is 0 Å². The standard InChI is InChI=1S/C21H22ClN3O3/c1-26-17-8-4-15(5-9-17)13-25(14-16-6-10-18(27-2)11-7-16)21-23-19(22)12-20(24-21)28-3/h4-12H,13-14H2,1-3H3. The summed E-state index contributed by atoms with van der Waals surface area (Å²) in [4.78, 5) is 10.9. The third kappa shape index (κ3) is 5.04. The summed E-state index contributed by atoms with van der Waals surface area (Å²) in [6.07, 6.45) is 0. The number of hydrogen-bond donors (Lipinski definition) is 0. The van der Waals surface area contributed by atoms with Gasteiger partial charge in [-0.15, -0.1) is 0 Å². The van der Waals surface area contributed by atoms with Gasteiger partial charge in [-0.25, -0.2) is 4.98 Å². The van der Waals surface area contributed by atoms with Crippen molar-refractivity contribution >= 4 is 17.5 Å². The van der Waals surface area contributed by atoms with Crippen LogP contribution in [0.25, 0.3) is 0 Å². The molecule has 3 aromatic rings. The Kier molecular flexibility index (Phi) is 6.55. The van der Waals surface area contributed by atoms with Gasteiger partial charge in [0, 0.05) is 19.2 Å². The first kappa shape index (κ1) is 19.8. The second-order valence-electron chi connectivity index (χ2n) is 6.09. The summed E-state index contributed by atoms with van der Waals surface area (Å²) in [6.45, 7) is 1.19. The molecule has 0 aliphatic carbocycles. The average molecular weight is 400 g/mol. The lowest BCUT2D eigenvalue weighted by Crippen LogP contribution is -2.24. The number of nitrogens with zero attached hydrogens (tertiary/aromatic N) is 3. The third-order valence-corrected chi connectivity index (χ3v) is 4.41. The lowest BCUT2D eigenvalue weighted by atomic mass is 10.1. The van der Waals surface area contributed by atoms with Gasteiger partial charge in [-0.3, -0.25) is 0 Å². The Morgan fingerprint density at radius 3 is 1.68 bits per heavy atom. The Balaban J connectivity index is 1.90. The van der Waals surface area contributed by atoms with Crippen molar-refractivity contribution < 1.29 is 14.2 Å². The van der Waals surface area contributed by atoms with Crippen LogP contribution in [0.1, 0.15) is 11.1 Å². The number of aromatic nitrogens is 2. The first-order valence-corrected chi connectivity index (χ1v) is 9.08. The molecule has 2 aromatic carbocycles. The van der Waals surface area contributed by atoms with E-state index in [0.29, 0.717) is 30.1 Å². The largest absolute Gasteiger partial charge is 0.497 e. The molecule has 0 unspecified atom stereocenters. The summed E-state index contributed by atoms with van der Waals surface area (Å²) in [7, 11) is 4.86. The maximum Gasteiger partial charge on any atom is 0.230 e. The van der Waals surface area contributed by atoms with Gasteiger partial charge in [0.05, 0.1) is 21.3 Å². The number of ether oxygens (including phenoxy) is 3. The zero-order valence-corrected chi connectivity index (χ0v) is 16.8. The molecule has 7 heteroatoms. The molecule has 0 aliphatic rings. The van der Waals surface area contributed by atoms with Crippen molar-refractivity contribution in [2.24, 2.45) is 0 Å². The summed E-state index contributed by atoms with van der Waals surface area (Å²) >= 11 is 6.17. The predicted molar refractivity (Wildman–Crippen MR) is 109 cm³/mol. The number of rotatable bonds is 8. The number of halogens is 1. The van der Waals surface area contributed by atoms with E-state index in [4.69, 9.17) is 25.8 Å². The fourth-order valence-corrected chi connectivity index (χ4v) is 2.90. The second-order valence-corrected chi connectivity index (χ2v) is 6.47. The van der Waals surface area contributed by atoms with Gasteiger partial charge in [0.25, 0.3) is 0 Å². The van der Waals surface area contributed by atoms with Crippen molar-refractivity contribution in [3.63, 3.8) is 0 Å². The molecule has 3 rings (SSSR count).